The summed E-state index contributed by atoms with van der Waals surface area (Å²) in [5.41, 5.74) is 3.54. The lowest BCUT2D eigenvalue weighted by molar-refractivity contribution is 1.18. The molecule has 58 heavy (non-hydrogen) atoms. The summed E-state index contributed by atoms with van der Waals surface area (Å²) in [7, 11) is -5.56. The lowest BCUT2D eigenvalue weighted by Crippen LogP contribution is -2.74. The predicted molar refractivity (Wildman–Crippen MR) is 256 cm³/mol. The molecule has 0 aliphatic rings. The molecule has 0 aliphatic heterocycles. The Morgan fingerprint density at radius 2 is 0.655 bits per heavy atom. The molecular formula is C54H40BrNSi2. The van der Waals surface area contributed by atoms with E-state index in [2.05, 4.69) is 263 Å². The summed E-state index contributed by atoms with van der Waals surface area (Å²) in [4.78, 5) is 0. The third-order valence-corrected chi connectivity index (χ3v) is 22.0. The minimum Gasteiger partial charge on any atom is -0.309 e. The van der Waals surface area contributed by atoms with E-state index >= 15 is 0 Å². The molecule has 0 saturated heterocycles. The van der Waals surface area contributed by atoms with Gasteiger partial charge in [0.2, 0.25) is 0 Å². The van der Waals surface area contributed by atoms with Crippen molar-refractivity contribution in [1.29, 1.82) is 0 Å². The number of hydrogen-bond donors (Lipinski definition) is 0. The summed E-state index contributed by atoms with van der Waals surface area (Å²) < 4.78 is 3.59. The van der Waals surface area contributed by atoms with E-state index in [4.69, 9.17) is 0 Å². The zero-order valence-corrected chi connectivity index (χ0v) is 35.5. The minimum atomic E-state index is -2.79. The van der Waals surface area contributed by atoms with Gasteiger partial charge in [0.15, 0.2) is 16.1 Å². The maximum Gasteiger partial charge on any atom is 0.179 e. The van der Waals surface area contributed by atoms with Gasteiger partial charge in [-0.25, -0.2) is 0 Å². The zero-order chi connectivity index (χ0) is 38.9. The fourth-order valence-electron chi connectivity index (χ4n) is 9.51. The maximum absolute atomic E-state index is 3.84. The van der Waals surface area contributed by atoms with Gasteiger partial charge < -0.3 is 4.57 Å². The Bertz CT molecular complexity index is 2790. The van der Waals surface area contributed by atoms with E-state index in [0.717, 1.165) is 10.2 Å². The van der Waals surface area contributed by atoms with Crippen molar-refractivity contribution >= 4 is 95.4 Å². The first-order valence-corrected chi connectivity index (χ1v) is 24.7. The predicted octanol–water partition coefficient (Wildman–Crippen LogP) is 8.30. The highest BCUT2D eigenvalue weighted by molar-refractivity contribution is 9.10. The molecule has 0 radical (unpaired) electrons. The zero-order valence-electron chi connectivity index (χ0n) is 31.9. The largest absolute Gasteiger partial charge is 0.309 e. The van der Waals surface area contributed by atoms with Gasteiger partial charge in [0.05, 0.1) is 11.0 Å². The molecule has 0 bridgehead atoms. The molecule has 10 aromatic rings. The van der Waals surface area contributed by atoms with Gasteiger partial charge >= 0.3 is 0 Å². The second-order valence-electron chi connectivity index (χ2n) is 15.0. The van der Waals surface area contributed by atoms with Gasteiger partial charge in [-0.15, -0.1) is 0 Å². The maximum atomic E-state index is 3.84. The third kappa shape index (κ3) is 5.87. The molecule has 0 amide bonds. The Kier molecular flexibility index (Phi) is 9.46. The molecule has 0 aliphatic carbocycles. The molecular weight excluding hydrogens is 799 g/mol. The van der Waals surface area contributed by atoms with Crippen LogP contribution in [0.4, 0.5) is 0 Å². The number of benzene rings is 9. The molecule has 1 heterocycles. The van der Waals surface area contributed by atoms with E-state index in [9.17, 15) is 0 Å². The van der Waals surface area contributed by atoms with E-state index in [0.29, 0.717) is 0 Å². The number of aromatic nitrogens is 1. The van der Waals surface area contributed by atoms with Gasteiger partial charge in [0, 0.05) is 20.9 Å². The molecule has 1 nitrogen and oxygen atoms in total. The quantitative estimate of drug-likeness (QED) is 0.102. The summed E-state index contributed by atoms with van der Waals surface area (Å²) in [5, 5.41) is 13.3. The normalized spacial score (nSPS) is 11.9. The van der Waals surface area contributed by atoms with E-state index < -0.39 is 16.1 Å². The van der Waals surface area contributed by atoms with Crippen molar-refractivity contribution in [2.75, 3.05) is 0 Å². The third-order valence-electron chi connectivity index (χ3n) is 11.9. The minimum absolute atomic E-state index is 1.07. The molecule has 0 atom stereocenters. The summed E-state index contributed by atoms with van der Waals surface area (Å²) in [6.45, 7) is 0. The number of halogens is 1. The highest BCUT2D eigenvalue weighted by Crippen LogP contribution is 2.34. The molecule has 4 heteroatoms. The Labute approximate surface area is 350 Å². The fourth-order valence-corrected chi connectivity index (χ4v) is 19.4. The standard InChI is InChI=1S/C54H40BrNSi2/c55-41-34-37-53-52(38-41)51-36-35-50(58(46-27-13-4-14-28-46,47-29-15-5-16-30-47)48-31-17-6-18-32-48)40-54(51)56(53)42-20-19-33-49(39-42)57(43-21-7-1-8-22-43,44-23-9-2-10-24-44)45-25-11-3-12-26-45/h1-40H. The molecule has 0 N–H and O–H groups in total. The van der Waals surface area contributed by atoms with E-state index in [1.165, 1.54) is 63.3 Å². The van der Waals surface area contributed by atoms with Gasteiger partial charge in [0.25, 0.3) is 0 Å². The van der Waals surface area contributed by atoms with Gasteiger partial charge in [-0.05, 0) is 77.9 Å². The number of fused-ring (bicyclic) bond motifs is 3. The Hall–Kier alpha value is -6.31. The Morgan fingerprint density at radius 1 is 0.276 bits per heavy atom. The van der Waals surface area contributed by atoms with Crippen molar-refractivity contribution in [2.24, 2.45) is 0 Å². The summed E-state index contributed by atoms with van der Waals surface area (Å²) in [6.07, 6.45) is 0. The molecule has 9 aromatic carbocycles. The molecule has 276 valence electrons. The van der Waals surface area contributed by atoms with Crippen LogP contribution >= 0.6 is 15.9 Å². The van der Waals surface area contributed by atoms with Crippen LogP contribution in [0.5, 0.6) is 0 Å². The van der Waals surface area contributed by atoms with Crippen LogP contribution in [0.3, 0.4) is 0 Å². The topological polar surface area (TPSA) is 4.93 Å². The van der Waals surface area contributed by atoms with Gasteiger partial charge in [-0.1, -0.05) is 222 Å². The summed E-state index contributed by atoms with van der Waals surface area (Å²) >= 11 is 3.84. The van der Waals surface area contributed by atoms with Gasteiger partial charge in [-0.2, -0.15) is 0 Å². The average Bonchev–Trinajstić information content (AvgIpc) is 3.62. The van der Waals surface area contributed by atoms with Crippen LogP contribution in [-0.2, 0) is 0 Å². The number of rotatable bonds is 9. The smallest absolute Gasteiger partial charge is 0.179 e. The van der Waals surface area contributed by atoms with E-state index in [1.807, 2.05) is 0 Å². The van der Waals surface area contributed by atoms with Crippen molar-refractivity contribution in [3.05, 3.63) is 247 Å². The Morgan fingerprint density at radius 3 is 1.07 bits per heavy atom. The van der Waals surface area contributed by atoms with Gasteiger partial charge in [0.1, 0.15) is 0 Å². The van der Waals surface area contributed by atoms with Crippen LogP contribution in [-0.4, -0.2) is 20.7 Å². The van der Waals surface area contributed by atoms with Crippen LogP contribution in [0.1, 0.15) is 0 Å². The molecule has 1 aromatic heterocycles. The summed E-state index contributed by atoms with van der Waals surface area (Å²) in [6, 6.07) is 90.7. The second-order valence-corrected chi connectivity index (χ2v) is 23.5. The van der Waals surface area contributed by atoms with Gasteiger partial charge in [-0.3, -0.25) is 0 Å². The van der Waals surface area contributed by atoms with Crippen LogP contribution in [0.25, 0.3) is 27.5 Å². The average molecular weight is 839 g/mol. The van der Waals surface area contributed by atoms with Crippen molar-refractivity contribution < 1.29 is 0 Å². The van der Waals surface area contributed by atoms with Crippen molar-refractivity contribution in [3.63, 3.8) is 0 Å². The van der Waals surface area contributed by atoms with Crippen LogP contribution in [0.2, 0.25) is 0 Å². The lowest BCUT2D eigenvalue weighted by atomic mass is 10.1. The Balaban J connectivity index is 1.29. The highest BCUT2D eigenvalue weighted by Gasteiger charge is 2.43. The van der Waals surface area contributed by atoms with Crippen molar-refractivity contribution in [3.8, 4) is 5.69 Å². The number of hydrogen-bond acceptors (Lipinski definition) is 0. The van der Waals surface area contributed by atoms with Crippen molar-refractivity contribution in [1.82, 2.24) is 4.57 Å². The molecule has 0 fully saturated rings. The van der Waals surface area contributed by atoms with Crippen LogP contribution in [0.15, 0.2) is 247 Å². The first kappa shape index (κ1) is 36.1. The summed E-state index contributed by atoms with van der Waals surface area (Å²) in [5.74, 6) is 0. The van der Waals surface area contributed by atoms with Crippen molar-refractivity contribution in [2.45, 2.75) is 0 Å². The highest BCUT2D eigenvalue weighted by atomic mass is 79.9. The monoisotopic (exact) mass is 837 g/mol. The number of nitrogens with zero attached hydrogens (tertiary/aromatic N) is 1. The first-order valence-electron chi connectivity index (χ1n) is 19.9. The first-order chi connectivity index (χ1) is 28.7. The van der Waals surface area contributed by atoms with Crippen LogP contribution < -0.4 is 41.5 Å². The van der Waals surface area contributed by atoms with E-state index in [1.54, 1.807) is 0 Å². The molecule has 10 rings (SSSR count). The second kappa shape index (κ2) is 15.2. The molecule has 0 unspecified atom stereocenters. The SMILES string of the molecule is Brc1ccc2c(c1)c1ccc([Si](c3ccccc3)(c3ccccc3)c3ccccc3)cc1n2-c1cccc([Si](c2ccccc2)(c2ccccc2)c2ccccc2)c1. The fraction of sp³-hybridized carbons (Fsp3) is 0. The molecule has 0 spiro atoms. The molecule has 0 saturated carbocycles. The van der Waals surface area contributed by atoms with E-state index in [-0.39, 0.29) is 0 Å². The van der Waals surface area contributed by atoms with Crippen LogP contribution in [0, 0.1) is 0 Å². The lowest BCUT2D eigenvalue weighted by Gasteiger charge is -2.35.